The Labute approximate surface area is 97.3 Å². The van der Waals surface area contributed by atoms with Gasteiger partial charge >= 0.3 is 0 Å². The van der Waals surface area contributed by atoms with Crippen LogP contribution in [0.25, 0.3) is 0 Å². The fourth-order valence-electron chi connectivity index (χ4n) is 2.33. The summed E-state index contributed by atoms with van der Waals surface area (Å²) in [6.07, 6.45) is 2.94. The summed E-state index contributed by atoms with van der Waals surface area (Å²) in [4.78, 5) is 14.2. The number of carbonyl (C=O) groups is 1. The van der Waals surface area contributed by atoms with Gasteiger partial charge in [0.25, 0.3) is 0 Å². The summed E-state index contributed by atoms with van der Waals surface area (Å²) in [5.74, 6) is 0.278. The molecule has 1 amide bonds. The highest BCUT2D eigenvalue weighted by Gasteiger charge is 2.34. The number of nitrogens with zero attached hydrogens (tertiary/aromatic N) is 1. The van der Waals surface area contributed by atoms with Gasteiger partial charge in [-0.25, -0.2) is 0 Å². The molecule has 4 nitrogen and oxygen atoms in total. The van der Waals surface area contributed by atoms with Gasteiger partial charge in [0.05, 0.1) is 13.2 Å². The van der Waals surface area contributed by atoms with Gasteiger partial charge in [0.1, 0.15) is 0 Å². The van der Waals surface area contributed by atoms with Crippen LogP contribution in [-0.4, -0.2) is 48.7 Å². The predicted molar refractivity (Wildman–Crippen MR) is 62.2 cm³/mol. The molecular weight excluding hydrogens is 204 g/mol. The Morgan fingerprint density at radius 2 is 2.25 bits per heavy atom. The Morgan fingerprint density at radius 1 is 1.50 bits per heavy atom. The number of rotatable bonds is 4. The van der Waals surface area contributed by atoms with Gasteiger partial charge in [0.15, 0.2) is 0 Å². The molecule has 1 heterocycles. The Kier molecular flexibility index (Phi) is 3.82. The summed E-state index contributed by atoms with van der Waals surface area (Å²) in [6.45, 7) is 6.49. The van der Waals surface area contributed by atoms with Gasteiger partial charge in [0, 0.05) is 31.1 Å². The van der Waals surface area contributed by atoms with Crippen molar-refractivity contribution >= 4 is 5.91 Å². The summed E-state index contributed by atoms with van der Waals surface area (Å²) in [7, 11) is 0. The Hall–Kier alpha value is -0.610. The van der Waals surface area contributed by atoms with Gasteiger partial charge in [-0.1, -0.05) is 0 Å². The number of nitrogens with one attached hydrogen (secondary N) is 1. The largest absolute Gasteiger partial charge is 0.378 e. The molecule has 0 spiro atoms. The Balaban J connectivity index is 1.84. The maximum atomic E-state index is 12.2. The highest BCUT2D eigenvalue weighted by Crippen LogP contribution is 2.29. The molecule has 1 atom stereocenters. The molecule has 1 aliphatic carbocycles. The normalized spacial score (nSPS) is 25.8. The minimum atomic E-state index is 0.209. The van der Waals surface area contributed by atoms with Crippen molar-refractivity contribution in [3.8, 4) is 0 Å². The lowest BCUT2D eigenvalue weighted by Gasteiger charge is -2.30. The van der Waals surface area contributed by atoms with E-state index in [0.717, 1.165) is 13.2 Å². The van der Waals surface area contributed by atoms with Crippen molar-refractivity contribution in [3.63, 3.8) is 0 Å². The van der Waals surface area contributed by atoms with E-state index in [2.05, 4.69) is 24.1 Å². The quantitative estimate of drug-likeness (QED) is 0.769. The molecule has 0 radical (unpaired) electrons. The summed E-state index contributed by atoms with van der Waals surface area (Å²) >= 11 is 0. The maximum absolute atomic E-state index is 12.2. The van der Waals surface area contributed by atoms with Crippen LogP contribution in [0.3, 0.4) is 0 Å². The van der Waals surface area contributed by atoms with E-state index in [4.69, 9.17) is 4.74 Å². The molecule has 4 heteroatoms. The topological polar surface area (TPSA) is 41.6 Å². The van der Waals surface area contributed by atoms with Crippen molar-refractivity contribution < 1.29 is 9.53 Å². The summed E-state index contributed by atoms with van der Waals surface area (Å²) in [6, 6.07) is 1.04. The first-order valence-electron chi connectivity index (χ1n) is 6.30. The molecule has 92 valence electrons. The Bertz CT molecular complexity index is 243. The average Bonchev–Trinajstić information content (AvgIpc) is 3.03. The molecule has 1 saturated heterocycles. The molecular formula is C12H22N2O2. The van der Waals surface area contributed by atoms with E-state index in [1.165, 1.54) is 12.8 Å². The highest BCUT2D eigenvalue weighted by atomic mass is 16.5. The van der Waals surface area contributed by atoms with E-state index in [1.54, 1.807) is 0 Å². The summed E-state index contributed by atoms with van der Waals surface area (Å²) < 4.78 is 5.37. The third-order valence-electron chi connectivity index (χ3n) is 3.20. The van der Waals surface area contributed by atoms with Crippen molar-refractivity contribution in [2.75, 3.05) is 19.8 Å². The average molecular weight is 226 g/mol. The van der Waals surface area contributed by atoms with E-state index in [-0.39, 0.29) is 11.9 Å². The number of carbonyl (C=O) groups excluding carboxylic acids is 1. The first-order chi connectivity index (χ1) is 7.68. The molecule has 16 heavy (non-hydrogen) atoms. The highest BCUT2D eigenvalue weighted by molar-refractivity contribution is 5.77. The van der Waals surface area contributed by atoms with Crippen LogP contribution in [0.1, 0.15) is 33.1 Å². The molecule has 2 rings (SSSR count). The van der Waals surface area contributed by atoms with Gasteiger partial charge < -0.3 is 15.0 Å². The van der Waals surface area contributed by atoms with Crippen LogP contribution in [0.2, 0.25) is 0 Å². The van der Waals surface area contributed by atoms with Crippen LogP contribution in [0.5, 0.6) is 0 Å². The monoisotopic (exact) mass is 226 g/mol. The standard InChI is InChI=1S/C12H22N2O2/c1-9(2)14(11-3-4-11)12(15)7-10-8-16-6-5-13-10/h9-11,13H,3-8H2,1-2H3. The van der Waals surface area contributed by atoms with Crippen molar-refractivity contribution in [1.82, 2.24) is 10.2 Å². The fraction of sp³-hybridized carbons (Fsp3) is 0.917. The molecule has 1 unspecified atom stereocenters. The van der Waals surface area contributed by atoms with Crippen LogP contribution in [0.15, 0.2) is 0 Å². The predicted octanol–water partition coefficient (Wildman–Crippen LogP) is 0.764. The SMILES string of the molecule is CC(C)N(C(=O)CC1COCCN1)C1CC1. The second-order valence-corrected chi connectivity index (χ2v) is 5.06. The van der Waals surface area contributed by atoms with Crippen LogP contribution in [0.4, 0.5) is 0 Å². The van der Waals surface area contributed by atoms with Crippen LogP contribution < -0.4 is 5.32 Å². The third-order valence-corrected chi connectivity index (χ3v) is 3.20. The molecule has 0 aromatic heterocycles. The molecule has 0 aromatic rings. The number of hydrogen-bond donors (Lipinski definition) is 1. The van der Waals surface area contributed by atoms with E-state index < -0.39 is 0 Å². The lowest BCUT2D eigenvalue weighted by Crippen LogP contribution is -2.47. The van der Waals surface area contributed by atoms with Crippen molar-refractivity contribution in [1.29, 1.82) is 0 Å². The van der Waals surface area contributed by atoms with Gasteiger partial charge in [-0.2, -0.15) is 0 Å². The number of amides is 1. The minimum absolute atomic E-state index is 0.209. The van der Waals surface area contributed by atoms with Crippen molar-refractivity contribution in [2.45, 2.75) is 51.2 Å². The first-order valence-corrected chi connectivity index (χ1v) is 6.30. The molecule has 2 fully saturated rings. The zero-order valence-corrected chi connectivity index (χ0v) is 10.2. The van der Waals surface area contributed by atoms with Gasteiger partial charge in [0.2, 0.25) is 5.91 Å². The van der Waals surface area contributed by atoms with Crippen molar-refractivity contribution in [2.24, 2.45) is 0 Å². The minimum Gasteiger partial charge on any atom is -0.378 e. The summed E-state index contributed by atoms with van der Waals surface area (Å²) in [5, 5.41) is 3.33. The second kappa shape index (κ2) is 5.15. The number of ether oxygens (including phenoxy) is 1. The molecule has 0 aromatic carbocycles. The third kappa shape index (κ3) is 2.95. The number of hydrogen-bond acceptors (Lipinski definition) is 3. The fourth-order valence-corrected chi connectivity index (χ4v) is 2.33. The van der Waals surface area contributed by atoms with E-state index >= 15 is 0 Å². The van der Waals surface area contributed by atoms with Gasteiger partial charge in [-0.15, -0.1) is 0 Å². The van der Waals surface area contributed by atoms with Gasteiger partial charge in [-0.3, -0.25) is 4.79 Å². The smallest absolute Gasteiger partial charge is 0.224 e. The molecule has 1 saturated carbocycles. The van der Waals surface area contributed by atoms with E-state index in [9.17, 15) is 4.79 Å². The van der Waals surface area contributed by atoms with Gasteiger partial charge in [-0.05, 0) is 26.7 Å². The molecule has 0 bridgehead atoms. The Morgan fingerprint density at radius 3 is 2.75 bits per heavy atom. The number of morpholine rings is 1. The zero-order chi connectivity index (χ0) is 11.5. The van der Waals surface area contributed by atoms with Crippen LogP contribution >= 0.6 is 0 Å². The molecule has 2 aliphatic rings. The lowest BCUT2D eigenvalue weighted by molar-refractivity contribution is -0.134. The summed E-state index contributed by atoms with van der Waals surface area (Å²) in [5.41, 5.74) is 0. The first kappa shape index (κ1) is 11.9. The molecule has 1 aliphatic heterocycles. The maximum Gasteiger partial charge on any atom is 0.224 e. The molecule has 1 N–H and O–H groups in total. The van der Waals surface area contributed by atoms with E-state index in [1.807, 2.05) is 0 Å². The lowest BCUT2D eigenvalue weighted by atomic mass is 10.1. The van der Waals surface area contributed by atoms with Crippen LogP contribution in [0, 0.1) is 0 Å². The van der Waals surface area contributed by atoms with Crippen LogP contribution in [-0.2, 0) is 9.53 Å². The van der Waals surface area contributed by atoms with Crippen molar-refractivity contribution in [3.05, 3.63) is 0 Å². The van der Waals surface area contributed by atoms with E-state index in [0.29, 0.717) is 25.1 Å². The zero-order valence-electron chi connectivity index (χ0n) is 10.2. The second-order valence-electron chi connectivity index (χ2n) is 5.06.